The van der Waals surface area contributed by atoms with Gasteiger partial charge in [-0.1, -0.05) is 30.3 Å². The number of nitrogens with one attached hydrogen (secondary N) is 1. The first-order chi connectivity index (χ1) is 7.31. The Morgan fingerprint density at radius 1 is 1.40 bits per heavy atom. The van der Waals surface area contributed by atoms with Gasteiger partial charge in [0.1, 0.15) is 5.92 Å². The molecule has 4 heteroatoms. The quantitative estimate of drug-likeness (QED) is 0.722. The van der Waals surface area contributed by atoms with Gasteiger partial charge in [-0.2, -0.15) is 5.26 Å². The van der Waals surface area contributed by atoms with E-state index < -0.39 is 0 Å². The van der Waals surface area contributed by atoms with E-state index in [-0.39, 0.29) is 5.92 Å². The molecule has 0 amide bonds. The minimum absolute atomic E-state index is 0.223. The number of aliphatic imine (C=N–C) groups is 1. The van der Waals surface area contributed by atoms with Crippen LogP contribution in [0.25, 0.3) is 0 Å². The fourth-order valence-corrected chi connectivity index (χ4v) is 1.68. The smallest absolute Gasteiger partial charge is 0.193 e. The van der Waals surface area contributed by atoms with Crippen LogP contribution in [0.4, 0.5) is 0 Å². The lowest BCUT2D eigenvalue weighted by molar-refractivity contribution is 0.781. The Bertz CT molecular complexity index is 445. The summed E-state index contributed by atoms with van der Waals surface area (Å²) in [6, 6.07) is 11.9. The molecule has 1 atom stereocenters. The Morgan fingerprint density at radius 2 is 2.13 bits per heavy atom. The number of thiocarbonyl (C=S) groups is 1. The molecular formula is C11H9N3S. The van der Waals surface area contributed by atoms with Crippen molar-refractivity contribution in [3.05, 3.63) is 35.9 Å². The van der Waals surface area contributed by atoms with E-state index in [9.17, 15) is 0 Å². The van der Waals surface area contributed by atoms with Crippen LogP contribution in [-0.4, -0.2) is 17.4 Å². The third kappa shape index (κ3) is 2.03. The van der Waals surface area contributed by atoms with Gasteiger partial charge in [0.25, 0.3) is 0 Å². The molecule has 0 saturated heterocycles. The molecule has 0 saturated carbocycles. The second kappa shape index (κ2) is 4.20. The van der Waals surface area contributed by atoms with Gasteiger partial charge < -0.3 is 5.32 Å². The molecule has 1 aromatic carbocycles. The topological polar surface area (TPSA) is 48.2 Å². The van der Waals surface area contributed by atoms with E-state index >= 15 is 0 Å². The lowest BCUT2D eigenvalue weighted by Crippen LogP contribution is -2.37. The van der Waals surface area contributed by atoms with Crippen LogP contribution >= 0.6 is 12.2 Å². The zero-order valence-corrected chi connectivity index (χ0v) is 8.79. The predicted molar refractivity (Wildman–Crippen MR) is 62.7 cm³/mol. The Hall–Kier alpha value is -1.73. The Kier molecular flexibility index (Phi) is 2.75. The second-order valence-electron chi connectivity index (χ2n) is 3.23. The van der Waals surface area contributed by atoms with Crippen LogP contribution in [0.1, 0.15) is 5.56 Å². The van der Waals surface area contributed by atoms with Crippen molar-refractivity contribution in [2.75, 3.05) is 6.54 Å². The van der Waals surface area contributed by atoms with Gasteiger partial charge in [-0.25, -0.2) is 4.99 Å². The summed E-state index contributed by atoms with van der Waals surface area (Å²) in [6.45, 7) is 0.545. The molecule has 74 valence electrons. The van der Waals surface area contributed by atoms with Gasteiger partial charge in [0.2, 0.25) is 0 Å². The largest absolute Gasteiger partial charge is 0.359 e. The van der Waals surface area contributed by atoms with Gasteiger partial charge in [0.15, 0.2) is 5.11 Å². The van der Waals surface area contributed by atoms with Crippen LogP contribution in [0.2, 0.25) is 0 Å². The molecule has 0 radical (unpaired) electrons. The lowest BCUT2D eigenvalue weighted by atomic mass is 9.97. The summed E-state index contributed by atoms with van der Waals surface area (Å²) in [5.74, 6) is -0.223. The van der Waals surface area contributed by atoms with Crippen molar-refractivity contribution >= 4 is 23.0 Å². The van der Waals surface area contributed by atoms with Crippen LogP contribution in [-0.2, 0) is 0 Å². The van der Waals surface area contributed by atoms with Crippen LogP contribution < -0.4 is 5.32 Å². The number of nitriles is 1. The standard InChI is InChI=1S/C11H9N3S/c12-6-9-7-13-11(15)14-10(9)8-4-2-1-3-5-8/h1-5,9H,7H2,(H,13,15). The summed E-state index contributed by atoms with van der Waals surface area (Å²) in [4.78, 5) is 4.22. The van der Waals surface area contributed by atoms with Crippen molar-refractivity contribution in [1.29, 1.82) is 5.26 Å². The number of benzene rings is 1. The highest BCUT2D eigenvalue weighted by Gasteiger charge is 2.21. The van der Waals surface area contributed by atoms with Crippen molar-refractivity contribution in [2.24, 2.45) is 10.9 Å². The molecule has 15 heavy (non-hydrogen) atoms. The molecule has 1 N–H and O–H groups in total. The molecule has 0 fully saturated rings. The maximum Gasteiger partial charge on any atom is 0.193 e. The van der Waals surface area contributed by atoms with Crippen molar-refractivity contribution in [2.45, 2.75) is 0 Å². The highest BCUT2D eigenvalue weighted by Crippen LogP contribution is 2.12. The van der Waals surface area contributed by atoms with Gasteiger partial charge in [0.05, 0.1) is 11.8 Å². The van der Waals surface area contributed by atoms with Crippen LogP contribution in [0.5, 0.6) is 0 Å². The maximum atomic E-state index is 8.99. The first-order valence-corrected chi connectivity index (χ1v) is 5.03. The molecular weight excluding hydrogens is 206 g/mol. The van der Waals surface area contributed by atoms with Crippen LogP contribution in [0.3, 0.4) is 0 Å². The molecule has 0 bridgehead atoms. The summed E-state index contributed by atoms with van der Waals surface area (Å²) in [6.07, 6.45) is 0. The van der Waals surface area contributed by atoms with Crippen molar-refractivity contribution in [3.8, 4) is 6.07 Å². The van der Waals surface area contributed by atoms with Crippen LogP contribution in [0.15, 0.2) is 35.3 Å². The fourth-order valence-electron chi connectivity index (χ4n) is 1.49. The van der Waals surface area contributed by atoms with Crippen LogP contribution in [0, 0.1) is 17.2 Å². The van der Waals surface area contributed by atoms with Crippen molar-refractivity contribution in [1.82, 2.24) is 5.32 Å². The lowest BCUT2D eigenvalue weighted by Gasteiger charge is -2.19. The first kappa shape index (κ1) is 9.81. The average Bonchev–Trinajstić information content (AvgIpc) is 2.30. The van der Waals surface area contributed by atoms with E-state index in [2.05, 4.69) is 16.4 Å². The Labute approximate surface area is 93.4 Å². The van der Waals surface area contributed by atoms with Crippen molar-refractivity contribution < 1.29 is 0 Å². The van der Waals surface area contributed by atoms with E-state index in [4.69, 9.17) is 17.5 Å². The van der Waals surface area contributed by atoms with E-state index in [0.717, 1.165) is 11.3 Å². The van der Waals surface area contributed by atoms with E-state index in [1.54, 1.807) is 0 Å². The molecule has 1 unspecified atom stereocenters. The van der Waals surface area contributed by atoms with E-state index in [1.807, 2.05) is 30.3 Å². The summed E-state index contributed by atoms with van der Waals surface area (Å²) in [5, 5.41) is 12.4. The highest BCUT2D eigenvalue weighted by molar-refractivity contribution is 7.80. The fraction of sp³-hybridized carbons (Fsp3) is 0.182. The van der Waals surface area contributed by atoms with Gasteiger partial charge in [-0.3, -0.25) is 0 Å². The molecule has 3 nitrogen and oxygen atoms in total. The molecule has 0 aliphatic carbocycles. The van der Waals surface area contributed by atoms with E-state index in [1.165, 1.54) is 0 Å². The molecule has 1 aromatic rings. The van der Waals surface area contributed by atoms with E-state index in [0.29, 0.717) is 11.7 Å². The predicted octanol–water partition coefficient (Wildman–Crippen LogP) is 1.50. The molecule has 2 rings (SSSR count). The maximum absolute atomic E-state index is 8.99. The molecule has 0 spiro atoms. The summed E-state index contributed by atoms with van der Waals surface area (Å²) >= 11 is 4.98. The monoisotopic (exact) mass is 215 g/mol. The molecule has 1 aliphatic rings. The Balaban J connectivity index is 2.42. The Morgan fingerprint density at radius 3 is 2.80 bits per heavy atom. The van der Waals surface area contributed by atoms with Gasteiger partial charge in [-0.15, -0.1) is 0 Å². The third-order valence-electron chi connectivity index (χ3n) is 2.23. The minimum atomic E-state index is -0.223. The number of hydrogen-bond acceptors (Lipinski definition) is 2. The molecule has 1 aliphatic heterocycles. The normalized spacial score (nSPS) is 20.1. The van der Waals surface area contributed by atoms with Gasteiger partial charge in [0, 0.05) is 6.54 Å². The third-order valence-corrected chi connectivity index (χ3v) is 2.47. The number of nitrogens with zero attached hydrogens (tertiary/aromatic N) is 2. The first-order valence-electron chi connectivity index (χ1n) is 4.62. The second-order valence-corrected chi connectivity index (χ2v) is 3.62. The number of rotatable bonds is 1. The van der Waals surface area contributed by atoms with Gasteiger partial charge >= 0.3 is 0 Å². The summed E-state index contributed by atoms with van der Waals surface area (Å²) in [5.41, 5.74) is 1.73. The SMILES string of the molecule is N#CC1CNC(=S)N=C1c1ccccc1. The average molecular weight is 215 g/mol. The molecule has 0 aromatic heterocycles. The van der Waals surface area contributed by atoms with Crippen molar-refractivity contribution in [3.63, 3.8) is 0 Å². The zero-order chi connectivity index (χ0) is 10.7. The molecule has 1 heterocycles. The zero-order valence-electron chi connectivity index (χ0n) is 7.97. The summed E-state index contributed by atoms with van der Waals surface area (Å²) < 4.78 is 0. The minimum Gasteiger partial charge on any atom is -0.359 e. The van der Waals surface area contributed by atoms with Gasteiger partial charge in [-0.05, 0) is 17.8 Å². The number of hydrogen-bond donors (Lipinski definition) is 1. The highest BCUT2D eigenvalue weighted by atomic mass is 32.1. The summed E-state index contributed by atoms with van der Waals surface area (Å²) in [7, 11) is 0.